The second kappa shape index (κ2) is 6.91. The van der Waals surface area contributed by atoms with Crippen molar-refractivity contribution in [2.24, 2.45) is 5.10 Å². The largest absolute Gasteiger partial charge is 0.434 e. The number of rotatable bonds is 5. The van der Waals surface area contributed by atoms with E-state index in [1.807, 2.05) is 24.3 Å². The van der Waals surface area contributed by atoms with Crippen molar-refractivity contribution in [3.63, 3.8) is 0 Å². The first-order valence-corrected chi connectivity index (χ1v) is 7.08. The molecule has 0 spiro atoms. The molecule has 1 amide bonds. The number of carbonyl (C=O) groups is 1. The molecule has 0 atom stereocenters. The van der Waals surface area contributed by atoms with Crippen molar-refractivity contribution in [2.75, 3.05) is 0 Å². The molecule has 0 aliphatic carbocycles. The van der Waals surface area contributed by atoms with Crippen LogP contribution in [0.5, 0.6) is 5.75 Å². The van der Waals surface area contributed by atoms with Gasteiger partial charge in [0, 0.05) is 22.7 Å². The first kappa shape index (κ1) is 15.7. The third kappa shape index (κ3) is 3.40. The lowest BCUT2D eigenvalue weighted by molar-refractivity contribution is -0.0499. The van der Waals surface area contributed by atoms with E-state index in [9.17, 15) is 13.6 Å². The molecule has 7 heteroatoms. The molecule has 122 valence electrons. The number of nitrogens with zero attached hydrogens (tertiary/aromatic N) is 1. The van der Waals surface area contributed by atoms with Crippen LogP contribution in [0.4, 0.5) is 8.78 Å². The highest BCUT2D eigenvalue weighted by molar-refractivity contribution is 6.06. The van der Waals surface area contributed by atoms with E-state index in [0.717, 1.165) is 10.9 Å². The van der Waals surface area contributed by atoms with E-state index in [1.54, 1.807) is 24.4 Å². The monoisotopic (exact) mass is 329 g/mol. The van der Waals surface area contributed by atoms with Crippen LogP contribution in [0.15, 0.2) is 59.8 Å². The van der Waals surface area contributed by atoms with Gasteiger partial charge in [-0.3, -0.25) is 4.79 Å². The number of fused-ring (bicyclic) bond motifs is 1. The highest BCUT2D eigenvalue weighted by Crippen LogP contribution is 2.19. The number of nitrogens with one attached hydrogen (secondary N) is 2. The van der Waals surface area contributed by atoms with Gasteiger partial charge in [-0.05, 0) is 18.2 Å². The first-order chi connectivity index (χ1) is 11.6. The number of hydrogen-bond donors (Lipinski definition) is 2. The Morgan fingerprint density at radius 1 is 1.17 bits per heavy atom. The van der Waals surface area contributed by atoms with Crippen molar-refractivity contribution < 1.29 is 18.3 Å². The molecule has 0 aliphatic rings. The summed E-state index contributed by atoms with van der Waals surface area (Å²) in [4.78, 5) is 15.2. The third-order valence-corrected chi connectivity index (χ3v) is 3.34. The number of alkyl halides is 2. The summed E-state index contributed by atoms with van der Waals surface area (Å²) < 4.78 is 29.1. The van der Waals surface area contributed by atoms with Gasteiger partial charge >= 0.3 is 6.61 Å². The molecule has 0 bridgehead atoms. The number of amides is 1. The zero-order valence-corrected chi connectivity index (χ0v) is 12.4. The van der Waals surface area contributed by atoms with Crippen LogP contribution >= 0.6 is 0 Å². The molecular weight excluding hydrogens is 316 g/mol. The van der Waals surface area contributed by atoms with Crippen molar-refractivity contribution in [1.82, 2.24) is 10.4 Å². The zero-order valence-electron chi connectivity index (χ0n) is 12.4. The SMILES string of the molecule is O=C(N/N=C/c1ccccc1OC(F)F)c1c[nH]c2ccccc12. The first-order valence-electron chi connectivity index (χ1n) is 7.08. The van der Waals surface area contributed by atoms with Crippen molar-refractivity contribution in [3.8, 4) is 5.75 Å². The van der Waals surface area contributed by atoms with Crippen molar-refractivity contribution in [2.45, 2.75) is 6.61 Å². The predicted molar refractivity (Wildman–Crippen MR) is 86.4 cm³/mol. The van der Waals surface area contributed by atoms with Gasteiger partial charge in [0.2, 0.25) is 0 Å². The molecule has 0 saturated heterocycles. The molecule has 2 N–H and O–H groups in total. The Balaban J connectivity index is 1.74. The summed E-state index contributed by atoms with van der Waals surface area (Å²) in [7, 11) is 0. The molecule has 0 unspecified atom stereocenters. The van der Waals surface area contributed by atoms with Gasteiger partial charge in [-0.2, -0.15) is 13.9 Å². The molecular formula is C17H13F2N3O2. The quantitative estimate of drug-likeness (QED) is 0.555. The van der Waals surface area contributed by atoms with Crippen molar-refractivity contribution in [3.05, 3.63) is 65.9 Å². The molecule has 2 aromatic carbocycles. The number of ether oxygens (including phenoxy) is 1. The van der Waals surface area contributed by atoms with E-state index < -0.39 is 12.5 Å². The summed E-state index contributed by atoms with van der Waals surface area (Å²) in [5.74, 6) is -0.423. The van der Waals surface area contributed by atoms with E-state index in [0.29, 0.717) is 11.1 Å². The Kier molecular flexibility index (Phi) is 4.51. The van der Waals surface area contributed by atoms with Gasteiger partial charge in [-0.25, -0.2) is 5.43 Å². The normalized spacial score (nSPS) is 11.3. The van der Waals surface area contributed by atoms with Gasteiger partial charge in [0.1, 0.15) is 5.75 Å². The Morgan fingerprint density at radius 2 is 1.92 bits per heavy atom. The van der Waals surface area contributed by atoms with Gasteiger partial charge in [-0.1, -0.05) is 30.3 Å². The smallest absolute Gasteiger partial charge is 0.387 e. The average Bonchev–Trinajstić information content (AvgIpc) is 3.00. The maximum Gasteiger partial charge on any atom is 0.387 e. The summed E-state index contributed by atoms with van der Waals surface area (Å²) in [5, 5.41) is 4.58. The van der Waals surface area contributed by atoms with Crippen LogP contribution in [0.25, 0.3) is 10.9 Å². The van der Waals surface area contributed by atoms with Crippen molar-refractivity contribution in [1.29, 1.82) is 0 Å². The number of benzene rings is 2. The predicted octanol–water partition coefficient (Wildman–Crippen LogP) is 3.53. The molecule has 3 rings (SSSR count). The van der Waals surface area contributed by atoms with E-state index >= 15 is 0 Å². The highest BCUT2D eigenvalue weighted by atomic mass is 19.3. The molecule has 0 saturated carbocycles. The number of aromatic nitrogens is 1. The lowest BCUT2D eigenvalue weighted by atomic mass is 10.2. The molecule has 1 aromatic heterocycles. The summed E-state index contributed by atoms with van der Waals surface area (Å²) in [6, 6.07) is 13.5. The standard InChI is InChI=1S/C17H13F2N3O2/c18-17(19)24-15-8-4-1-5-11(15)9-21-22-16(23)13-10-20-14-7-3-2-6-12(13)14/h1-10,17,20H,(H,22,23)/b21-9+. The van der Waals surface area contributed by atoms with Crippen LogP contribution in [0, 0.1) is 0 Å². The lowest BCUT2D eigenvalue weighted by Crippen LogP contribution is -2.17. The van der Waals surface area contributed by atoms with Gasteiger partial charge in [0.15, 0.2) is 0 Å². The van der Waals surface area contributed by atoms with Crippen LogP contribution in [-0.4, -0.2) is 23.7 Å². The van der Waals surface area contributed by atoms with Crippen LogP contribution in [-0.2, 0) is 0 Å². The number of aromatic amines is 1. The topological polar surface area (TPSA) is 66.5 Å². The maximum atomic E-state index is 12.3. The summed E-state index contributed by atoms with van der Waals surface area (Å²) >= 11 is 0. The maximum absolute atomic E-state index is 12.3. The van der Waals surface area contributed by atoms with E-state index in [2.05, 4.69) is 20.2 Å². The van der Waals surface area contributed by atoms with E-state index in [1.165, 1.54) is 12.3 Å². The van der Waals surface area contributed by atoms with Crippen LogP contribution in [0.3, 0.4) is 0 Å². The molecule has 3 aromatic rings. The molecule has 0 aliphatic heterocycles. The fourth-order valence-electron chi connectivity index (χ4n) is 2.27. The number of hydrogen-bond acceptors (Lipinski definition) is 3. The van der Waals surface area contributed by atoms with Gasteiger partial charge in [0.05, 0.1) is 11.8 Å². The van der Waals surface area contributed by atoms with Crippen LogP contribution < -0.4 is 10.2 Å². The minimum atomic E-state index is -2.93. The number of hydrazone groups is 1. The second-order valence-corrected chi connectivity index (χ2v) is 4.86. The Labute approximate surface area is 135 Å². The van der Waals surface area contributed by atoms with Gasteiger partial charge < -0.3 is 9.72 Å². The minimum absolute atomic E-state index is 0.0161. The van der Waals surface area contributed by atoms with E-state index in [4.69, 9.17) is 0 Å². The average molecular weight is 329 g/mol. The van der Waals surface area contributed by atoms with Crippen molar-refractivity contribution >= 4 is 23.0 Å². The van der Waals surface area contributed by atoms with Gasteiger partial charge in [-0.15, -0.1) is 0 Å². The van der Waals surface area contributed by atoms with Crippen LogP contribution in [0.1, 0.15) is 15.9 Å². The Bertz CT molecular complexity index is 890. The zero-order chi connectivity index (χ0) is 16.9. The summed E-state index contributed by atoms with van der Waals surface area (Å²) in [6.45, 7) is -2.93. The Hall–Kier alpha value is -3.22. The minimum Gasteiger partial charge on any atom is -0.434 e. The molecule has 5 nitrogen and oxygen atoms in total. The number of carbonyl (C=O) groups excluding carboxylic acids is 1. The fourth-order valence-corrected chi connectivity index (χ4v) is 2.27. The Morgan fingerprint density at radius 3 is 2.75 bits per heavy atom. The highest BCUT2D eigenvalue weighted by Gasteiger charge is 2.11. The molecule has 24 heavy (non-hydrogen) atoms. The fraction of sp³-hybridized carbons (Fsp3) is 0.0588. The molecule has 0 radical (unpaired) electrons. The number of H-pyrrole nitrogens is 1. The summed E-state index contributed by atoms with van der Waals surface area (Å²) in [6.07, 6.45) is 2.84. The third-order valence-electron chi connectivity index (χ3n) is 3.34. The molecule has 1 heterocycles. The second-order valence-electron chi connectivity index (χ2n) is 4.86. The lowest BCUT2D eigenvalue weighted by Gasteiger charge is -2.06. The van der Waals surface area contributed by atoms with E-state index in [-0.39, 0.29) is 5.75 Å². The van der Waals surface area contributed by atoms with Crippen LogP contribution in [0.2, 0.25) is 0 Å². The molecule has 0 fully saturated rings. The summed E-state index contributed by atoms with van der Waals surface area (Å²) in [5.41, 5.74) is 3.98. The number of para-hydroxylation sites is 2. The number of halogens is 2. The van der Waals surface area contributed by atoms with Gasteiger partial charge in [0.25, 0.3) is 5.91 Å².